The molecular formula is C13H22N2O2. The normalized spacial score (nSPS) is 37.9. The van der Waals surface area contributed by atoms with E-state index >= 15 is 0 Å². The molecule has 0 aromatic rings. The topological polar surface area (TPSA) is 41.6 Å². The highest BCUT2D eigenvalue weighted by Crippen LogP contribution is 2.27. The first kappa shape index (κ1) is 11.5. The molecule has 4 heteroatoms. The Bertz CT molecular complexity index is 275. The van der Waals surface area contributed by atoms with Gasteiger partial charge in [-0.1, -0.05) is 0 Å². The molecule has 4 nitrogen and oxygen atoms in total. The minimum Gasteiger partial charge on any atom is -0.381 e. The van der Waals surface area contributed by atoms with Gasteiger partial charge in [0.15, 0.2) is 0 Å². The van der Waals surface area contributed by atoms with Gasteiger partial charge in [-0.25, -0.2) is 0 Å². The number of nitrogens with one attached hydrogen (secondary N) is 1. The monoisotopic (exact) mass is 238 g/mol. The van der Waals surface area contributed by atoms with Crippen LogP contribution in [0.4, 0.5) is 0 Å². The van der Waals surface area contributed by atoms with Gasteiger partial charge >= 0.3 is 0 Å². The molecule has 0 spiro atoms. The summed E-state index contributed by atoms with van der Waals surface area (Å²) in [6.07, 6.45) is 4.59. The molecule has 0 bridgehead atoms. The number of likely N-dealkylation sites (tertiary alicyclic amines) is 1. The predicted molar refractivity (Wildman–Crippen MR) is 64.6 cm³/mol. The van der Waals surface area contributed by atoms with Gasteiger partial charge in [0.2, 0.25) is 5.91 Å². The van der Waals surface area contributed by atoms with Gasteiger partial charge in [-0.2, -0.15) is 0 Å². The lowest BCUT2D eigenvalue weighted by Gasteiger charge is -2.26. The largest absolute Gasteiger partial charge is 0.381 e. The van der Waals surface area contributed by atoms with Crippen molar-refractivity contribution in [2.45, 2.75) is 31.7 Å². The van der Waals surface area contributed by atoms with Gasteiger partial charge in [0.25, 0.3) is 0 Å². The van der Waals surface area contributed by atoms with Crippen LogP contribution in [-0.2, 0) is 9.53 Å². The van der Waals surface area contributed by atoms with Crippen molar-refractivity contribution in [1.29, 1.82) is 0 Å². The number of nitrogens with zero attached hydrogens (tertiary/aromatic N) is 1. The fourth-order valence-corrected chi connectivity index (χ4v) is 3.42. The van der Waals surface area contributed by atoms with Crippen molar-refractivity contribution in [3.63, 3.8) is 0 Å². The summed E-state index contributed by atoms with van der Waals surface area (Å²) in [5.74, 6) is 1.15. The lowest BCUT2D eigenvalue weighted by molar-refractivity contribution is -0.138. The highest BCUT2D eigenvalue weighted by atomic mass is 16.5. The first-order valence-electron chi connectivity index (χ1n) is 6.94. The molecule has 3 aliphatic rings. The molecule has 0 aromatic carbocycles. The summed E-state index contributed by atoms with van der Waals surface area (Å²) < 4.78 is 5.42. The zero-order valence-electron chi connectivity index (χ0n) is 10.4. The predicted octanol–water partition coefficient (Wildman–Crippen LogP) is 0.623. The SMILES string of the molecule is O=C(C1CCCOC1)N1C[C@@H]2CCCN[C@@H]2C1. The number of piperidine rings is 1. The number of hydrogen-bond donors (Lipinski definition) is 1. The quantitative estimate of drug-likeness (QED) is 0.728. The van der Waals surface area contributed by atoms with E-state index in [0.29, 0.717) is 24.5 Å². The number of rotatable bonds is 1. The van der Waals surface area contributed by atoms with Gasteiger partial charge in [-0.3, -0.25) is 4.79 Å². The third-order valence-electron chi connectivity index (χ3n) is 4.42. The molecule has 1 amide bonds. The van der Waals surface area contributed by atoms with Crippen molar-refractivity contribution in [3.8, 4) is 0 Å². The molecule has 1 N–H and O–H groups in total. The van der Waals surface area contributed by atoms with Crippen molar-refractivity contribution < 1.29 is 9.53 Å². The van der Waals surface area contributed by atoms with Crippen LogP contribution in [0.1, 0.15) is 25.7 Å². The number of hydrogen-bond acceptors (Lipinski definition) is 3. The van der Waals surface area contributed by atoms with E-state index in [-0.39, 0.29) is 5.92 Å². The Labute approximate surface area is 103 Å². The van der Waals surface area contributed by atoms with Gasteiger partial charge in [0.1, 0.15) is 0 Å². The number of amides is 1. The Morgan fingerprint density at radius 1 is 1.24 bits per heavy atom. The molecule has 0 aliphatic carbocycles. The molecule has 3 heterocycles. The smallest absolute Gasteiger partial charge is 0.228 e. The fourth-order valence-electron chi connectivity index (χ4n) is 3.42. The summed E-state index contributed by atoms with van der Waals surface area (Å²) in [5.41, 5.74) is 0. The van der Waals surface area contributed by atoms with Crippen molar-refractivity contribution in [1.82, 2.24) is 10.2 Å². The molecule has 3 aliphatic heterocycles. The molecule has 96 valence electrons. The summed E-state index contributed by atoms with van der Waals surface area (Å²) in [7, 11) is 0. The zero-order chi connectivity index (χ0) is 11.7. The second-order valence-corrected chi connectivity index (χ2v) is 5.62. The summed E-state index contributed by atoms with van der Waals surface area (Å²) in [5, 5.41) is 3.54. The van der Waals surface area contributed by atoms with Crippen molar-refractivity contribution in [3.05, 3.63) is 0 Å². The third kappa shape index (κ3) is 2.33. The lowest BCUT2D eigenvalue weighted by Crippen LogP contribution is -2.42. The zero-order valence-corrected chi connectivity index (χ0v) is 10.4. The molecular weight excluding hydrogens is 216 g/mol. The molecule has 3 rings (SSSR count). The minimum absolute atomic E-state index is 0.129. The summed E-state index contributed by atoms with van der Waals surface area (Å²) in [6.45, 7) is 4.47. The molecule has 17 heavy (non-hydrogen) atoms. The first-order chi connectivity index (χ1) is 8.34. The van der Waals surface area contributed by atoms with Crippen LogP contribution in [-0.4, -0.2) is 49.7 Å². The van der Waals surface area contributed by atoms with Crippen LogP contribution in [0.25, 0.3) is 0 Å². The van der Waals surface area contributed by atoms with Gasteiger partial charge in [-0.05, 0) is 38.1 Å². The molecule has 0 radical (unpaired) electrons. The van der Waals surface area contributed by atoms with Crippen LogP contribution in [0.2, 0.25) is 0 Å². The van der Waals surface area contributed by atoms with E-state index in [9.17, 15) is 4.79 Å². The molecule has 3 saturated heterocycles. The maximum Gasteiger partial charge on any atom is 0.228 e. The average molecular weight is 238 g/mol. The minimum atomic E-state index is 0.129. The molecule has 0 saturated carbocycles. The molecule has 0 aromatic heterocycles. The highest BCUT2D eigenvalue weighted by molar-refractivity contribution is 5.79. The Balaban J connectivity index is 1.59. The standard InChI is InChI=1S/C13H22N2O2/c16-13(11-4-2-6-17-9-11)15-7-10-3-1-5-14-12(10)8-15/h10-12,14H,1-9H2/t10-,11?,12+/m0/s1. The van der Waals surface area contributed by atoms with E-state index < -0.39 is 0 Å². The Hall–Kier alpha value is -0.610. The average Bonchev–Trinajstić information content (AvgIpc) is 2.82. The van der Waals surface area contributed by atoms with Crippen LogP contribution in [0.5, 0.6) is 0 Å². The number of carbonyl (C=O) groups excluding carboxylic acids is 1. The van der Waals surface area contributed by atoms with Crippen molar-refractivity contribution in [2.75, 3.05) is 32.8 Å². The maximum atomic E-state index is 12.4. The summed E-state index contributed by atoms with van der Waals surface area (Å²) in [6, 6.07) is 0.553. The van der Waals surface area contributed by atoms with E-state index in [1.807, 2.05) is 0 Å². The molecule has 1 unspecified atom stereocenters. The first-order valence-corrected chi connectivity index (χ1v) is 6.94. The van der Waals surface area contributed by atoms with Crippen LogP contribution < -0.4 is 5.32 Å². The van der Waals surface area contributed by atoms with Crippen LogP contribution in [0.3, 0.4) is 0 Å². The number of fused-ring (bicyclic) bond motifs is 1. The number of ether oxygens (including phenoxy) is 1. The van der Waals surface area contributed by atoms with Crippen LogP contribution >= 0.6 is 0 Å². The van der Waals surface area contributed by atoms with Crippen LogP contribution in [0.15, 0.2) is 0 Å². The van der Waals surface area contributed by atoms with E-state index in [1.54, 1.807) is 0 Å². The van der Waals surface area contributed by atoms with Crippen LogP contribution in [0, 0.1) is 11.8 Å². The Kier molecular flexibility index (Phi) is 3.34. The van der Waals surface area contributed by atoms with Crippen molar-refractivity contribution >= 4 is 5.91 Å². The lowest BCUT2D eigenvalue weighted by atomic mass is 9.94. The van der Waals surface area contributed by atoms with E-state index in [0.717, 1.165) is 39.1 Å². The summed E-state index contributed by atoms with van der Waals surface area (Å²) >= 11 is 0. The van der Waals surface area contributed by atoms with Gasteiger partial charge in [-0.15, -0.1) is 0 Å². The van der Waals surface area contributed by atoms with Gasteiger partial charge in [0, 0.05) is 25.7 Å². The second-order valence-electron chi connectivity index (χ2n) is 5.62. The third-order valence-corrected chi connectivity index (χ3v) is 4.42. The highest BCUT2D eigenvalue weighted by Gasteiger charge is 2.38. The van der Waals surface area contributed by atoms with E-state index in [4.69, 9.17) is 4.74 Å². The Morgan fingerprint density at radius 3 is 2.94 bits per heavy atom. The molecule has 3 fully saturated rings. The maximum absolute atomic E-state index is 12.4. The fraction of sp³-hybridized carbons (Fsp3) is 0.923. The summed E-state index contributed by atoms with van der Waals surface area (Å²) in [4.78, 5) is 14.4. The van der Waals surface area contributed by atoms with Gasteiger partial charge < -0.3 is 15.0 Å². The van der Waals surface area contributed by atoms with Crippen molar-refractivity contribution in [2.24, 2.45) is 11.8 Å². The second kappa shape index (κ2) is 4.94. The van der Waals surface area contributed by atoms with E-state index in [2.05, 4.69) is 10.2 Å². The Morgan fingerprint density at radius 2 is 2.18 bits per heavy atom. The van der Waals surface area contributed by atoms with Gasteiger partial charge in [0.05, 0.1) is 12.5 Å². The van der Waals surface area contributed by atoms with E-state index in [1.165, 1.54) is 12.8 Å². The molecule has 3 atom stereocenters. The number of carbonyl (C=O) groups is 1.